The second-order valence-corrected chi connectivity index (χ2v) is 2.09. The zero-order valence-corrected chi connectivity index (χ0v) is 6.39. The van der Waals surface area contributed by atoms with Crippen LogP contribution < -0.4 is 0 Å². The van der Waals surface area contributed by atoms with Crippen molar-refractivity contribution < 1.29 is 9.53 Å². The fourth-order valence-corrected chi connectivity index (χ4v) is 0.558. The van der Waals surface area contributed by atoms with E-state index in [0.29, 0.717) is 13.0 Å². The first kappa shape index (κ1) is 9.14. The average Bonchev–Trinajstić information content (AvgIpc) is 1.89. The van der Waals surface area contributed by atoms with Crippen LogP contribution in [0.2, 0.25) is 0 Å². The molecule has 0 aromatic carbocycles. The van der Waals surface area contributed by atoms with E-state index in [1.165, 1.54) is 6.21 Å². The van der Waals surface area contributed by atoms with Gasteiger partial charge >= 0.3 is 5.97 Å². The minimum absolute atomic E-state index is 0.169. The van der Waals surface area contributed by atoms with Crippen LogP contribution in [0.15, 0.2) is 0 Å². The number of ether oxygens (including phenoxy) is 1. The molecule has 0 rings (SSSR count). The van der Waals surface area contributed by atoms with Crippen LogP contribution in [0.3, 0.4) is 0 Å². The van der Waals surface area contributed by atoms with Crippen molar-refractivity contribution >= 4 is 12.2 Å². The maximum Gasteiger partial charge on any atom is 0.309 e. The molecule has 1 atom stereocenters. The van der Waals surface area contributed by atoms with Gasteiger partial charge in [-0.05, 0) is 19.6 Å². The third-order valence-electron chi connectivity index (χ3n) is 1.16. The molecule has 0 aliphatic carbocycles. The SMILES string of the molecule is CCOC(=O)C(C)CC=N. The minimum Gasteiger partial charge on any atom is -0.466 e. The van der Waals surface area contributed by atoms with Crippen molar-refractivity contribution in [2.75, 3.05) is 6.61 Å². The molecule has 0 aromatic heterocycles. The van der Waals surface area contributed by atoms with Gasteiger partial charge in [-0.15, -0.1) is 0 Å². The summed E-state index contributed by atoms with van der Waals surface area (Å²) in [4.78, 5) is 10.8. The minimum atomic E-state index is -0.217. The standard InChI is InChI=1S/C7H13NO2/c1-3-10-7(9)6(2)4-5-8/h5-6,8H,3-4H2,1-2H3. The Labute approximate surface area is 60.9 Å². The Morgan fingerprint density at radius 3 is 2.80 bits per heavy atom. The molecule has 10 heavy (non-hydrogen) atoms. The van der Waals surface area contributed by atoms with Gasteiger partial charge < -0.3 is 10.1 Å². The summed E-state index contributed by atoms with van der Waals surface area (Å²) in [7, 11) is 0. The Hall–Kier alpha value is -0.860. The lowest BCUT2D eigenvalue weighted by atomic mass is 10.1. The largest absolute Gasteiger partial charge is 0.466 e. The molecule has 3 heteroatoms. The van der Waals surface area contributed by atoms with Crippen LogP contribution in [0.25, 0.3) is 0 Å². The molecule has 0 fully saturated rings. The first-order valence-corrected chi connectivity index (χ1v) is 3.38. The van der Waals surface area contributed by atoms with E-state index in [4.69, 9.17) is 10.1 Å². The second-order valence-electron chi connectivity index (χ2n) is 2.09. The summed E-state index contributed by atoms with van der Waals surface area (Å²) < 4.78 is 4.71. The highest BCUT2D eigenvalue weighted by atomic mass is 16.5. The Kier molecular flexibility index (Phi) is 4.54. The van der Waals surface area contributed by atoms with E-state index < -0.39 is 0 Å². The molecule has 0 heterocycles. The lowest BCUT2D eigenvalue weighted by Crippen LogP contribution is -2.14. The maximum atomic E-state index is 10.8. The topological polar surface area (TPSA) is 50.2 Å². The first-order valence-electron chi connectivity index (χ1n) is 3.38. The quantitative estimate of drug-likeness (QED) is 0.475. The van der Waals surface area contributed by atoms with Gasteiger partial charge in [0.05, 0.1) is 12.5 Å². The third-order valence-corrected chi connectivity index (χ3v) is 1.16. The lowest BCUT2D eigenvalue weighted by molar-refractivity contribution is -0.147. The Morgan fingerprint density at radius 2 is 2.40 bits per heavy atom. The van der Waals surface area contributed by atoms with Crippen LogP contribution in [-0.4, -0.2) is 18.8 Å². The molecular formula is C7H13NO2. The molecule has 3 nitrogen and oxygen atoms in total. The number of esters is 1. The summed E-state index contributed by atoms with van der Waals surface area (Å²) >= 11 is 0. The summed E-state index contributed by atoms with van der Waals surface area (Å²) in [6.45, 7) is 3.94. The van der Waals surface area contributed by atoms with Gasteiger partial charge in [-0.1, -0.05) is 6.92 Å². The van der Waals surface area contributed by atoms with Crippen molar-refractivity contribution in [3.05, 3.63) is 0 Å². The Balaban J connectivity index is 3.58. The lowest BCUT2D eigenvalue weighted by Gasteiger charge is -2.05. The van der Waals surface area contributed by atoms with Gasteiger partial charge in [0.15, 0.2) is 0 Å². The van der Waals surface area contributed by atoms with Crippen molar-refractivity contribution in [3.8, 4) is 0 Å². The summed E-state index contributed by atoms with van der Waals surface area (Å²) in [5.41, 5.74) is 0. The molecule has 0 saturated carbocycles. The van der Waals surface area contributed by atoms with E-state index in [9.17, 15) is 4.79 Å². The summed E-state index contributed by atoms with van der Waals surface area (Å²) in [5.74, 6) is -0.386. The average molecular weight is 143 g/mol. The van der Waals surface area contributed by atoms with Gasteiger partial charge in [-0.25, -0.2) is 0 Å². The molecule has 0 aliphatic heterocycles. The van der Waals surface area contributed by atoms with E-state index in [-0.39, 0.29) is 11.9 Å². The van der Waals surface area contributed by atoms with Crippen molar-refractivity contribution in [3.63, 3.8) is 0 Å². The second kappa shape index (κ2) is 4.97. The van der Waals surface area contributed by atoms with Crippen LogP contribution >= 0.6 is 0 Å². The van der Waals surface area contributed by atoms with Crippen LogP contribution in [-0.2, 0) is 9.53 Å². The summed E-state index contributed by atoms with van der Waals surface area (Å²) in [6, 6.07) is 0. The van der Waals surface area contributed by atoms with Crippen molar-refractivity contribution in [1.29, 1.82) is 5.41 Å². The fourth-order valence-electron chi connectivity index (χ4n) is 0.558. The monoisotopic (exact) mass is 143 g/mol. The molecular weight excluding hydrogens is 130 g/mol. The molecule has 0 radical (unpaired) electrons. The fraction of sp³-hybridized carbons (Fsp3) is 0.714. The zero-order valence-electron chi connectivity index (χ0n) is 6.39. The van der Waals surface area contributed by atoms with Gasteiger partial charge in [0.2, 0.25) is 0 Å². The molecule has 0 saturated heterocycles. The van der Waals surface area contributed by atoms with Crippen LogP contribution in [0.1, 0.15) is 20.3 Å². The van der Waals surface area contributed by atoms with E-state index in [2.05, 4.69) is 0 Å². The maximum absolute atomic E-state index is 10.8. The van der Waals surface area contributed by atoms with E-state index >= 15 is 0 Å². The normalized spacial score (nSPS) is 12.2. The predicted octanol–water partition coefficient (Wildman–Crippen LogP) is 1.23. The van der Waals surface area contributed by atoms with Gasteiger partial charge in [0, 0.05) is 0 Å². The molecule has 1 unspecified atom stereocenters. The van der Waals surface area contributed by atoms with Crippen LogP contribution in [0, 0.1) is 11.3 Å². The smallest absolute Gasteiger partial charge is 0.309 e. The highest BCUT2D eigenvalue weighted by molar-refractivity contribution is 5.75. The Morgan fingerprint density at radius 1 is 1.80 bits per heavy atom. The van der Waals surface area contributed by atoms with Crippen LogP contribution in [0.4, 0.5) is 0 Å². The van der Waals surface area contributed by atoms with Gasteiger partial charge in [-0.2, -0.15) is 0 Å². The van der Waals surface area contributed by atoms with Crippen LogP contribution in [0.5, 0.6) is 0 Å². The molecule has 0 spiro atoms. The van der Waals surface area contributed by atoms with Crippen molar-refractivity contribution in [2.24, 2.45) is 5.92 Å². The number of carbonyl (C=O) groups excluding carboxylic acids is 1. The number of carbonyl (C=O) groups is 1. The number of hydrogen-bond donors (Lipinski definition) is 1. The molecule has 1 N–H and O–H groups in total. The molecule has 0 aliphatic rings. The van der Waals surface area contributed by atoms with Gasteiger partial charge in [0.1, 0.15) is 0 Å². The summed E-state index contributed by atoms with van der Waals surface area (Å²) in [5, 5.41) is 6.73. The molecule has 0 amide bonds. The molecule has 0 bridgehead atoms. The number of hydrogen-bond acceptors (Lipinski definition) is 3. The molecule has 0 aromatic rings. The van der Waals surface area contributed by atoms with Gasteiger partial charge in [0.25, 0.3) is 0 Å². The highest BCUT2D eigenvalue weighted by Crippen LogP contribution is 2.01. The van der Waals surface area contributed by atoms with E-state index in [1.807, 2.05) is 0 Å². The zero-order chi connectivity index (χ0) is 7.98. The predicted molar refractivity (Wildman–Crippen MR) is 39.2 cm³/mol. The van der Waals surface area contributed by atoms with Crippen molar-refractivity contribution in [1.82, 2.24) is 0 Å². The summed E-state index contributed by atoms with van der Waals surface area (Å²) in [6.07, 6.45) is 1.69. The molecule has 58 valence electrons. The van der Waals surface area contributed by atoms with E-state index in [1.54, 1.807) is 13.8 Å². The van der Waals surface area contributed by atoms with Crippen molar-refractivity contribution in [2.45, 2.75) is 20.3 Å². The third kappa shape index (κ3) is 3.22. The highest BCUT2D eigenvalue weighted by Gasteiger charge is 2.11. The Bertz CT molecular complexity index is 123. The first-order chi connectivity index (χ1) is 4.72. The van der Waals surface area contributed by atoms with Gasteiger partial charge in [-0.3, -0.25) is 4.79 Å². The number of rotatable bonds is 4. The number of nitrogens with one attached hydrogen (secondary N) is 1. The van der Waals surface area contributed by atoms with E-state index in [0.717, 1.165) is 0 Å².